The van der Waals surface area contributed by atoms with Gasteiger partial charge < -0.3 is 10.4 Å². The van der Waals surface area contributed by atoms with E-state index < -0.39 is 11.0 Å². The lowest BCUT2D eigenvalue weighted by molar-refractivity contribution is -0.385. The first kappa shape index (κ1) is 13.4. The number of aliphatic hydroxyl groups excluding tert-OH is 1. The van der Waals surface area contributed by atoms with E-state index in [0.29, 0.717) is 12.1 Å². The third-order valence-corrected chi connectivity index (χ3v) is 2.68. The van der Waals surface area contributed by atoms with Crippen LogP contribution in [0.2, 0.25) is 0 Å². The van der Waals surface area contributed by atoms with Crippen LogP contribution in [0.3, 0.4) is 0 Å². The van der Waals surface area contributed by atoms with Crippen molar-refractivity contribution >= 4 is 11.4 Å². The molecule has 1 atom stereocenters. The van der Waals surface area contributed by atoms with Crippen LogP contribution in [0.4, 0.5) is 11.4 Å². The molecule has 0 aliphatic heterocycles. The van der Waals surface area contributed by atoms with Crippen molar-refractivity contribution in [1.82, 2.24) is 0 Å². The molecule has 0 amide bonds. The zero-order chi connectivity index (χ0) is 13.0. The number of rotatable bonds is 5. The third kappa shape index (κ3) is 3.71. The first-order chi connectivity index (χ1) is 7.91. The molecule has 1 aromatic rings. The topological polar surface area (TPSA) is 75.4 Å². The number of hydrogen-bond acceptors (Lipinski definition) is 4. The van der Waals surface area contributed by atoms with E-state index in [1.807, 2.05) is 13.8 Å². The van der Waals surface area contributed by atoms with Gasteiger partial charge in [-0.25, -0.2) is 0 Å². The van der Waals surface area contributed by atoms with Crippen molar-refractivity contribution < 1.29 is 10.0 Å². The highest BCUT2D eigenvalue weighted by atomic mass is 16.6. The van der Waals surface area contributed by atoms with E-state index in [0.717, 1.165) is 5.69 Å². The van der Waals surface area contributed by atoms with Gasteiger partial charge in [-0.3, -0.25) is 10.1 Å². The van der Waals surface area contributed by atoms with Gasteiger partial charge in [-0.1, -0.05) is 13.8 Å². The average Bonchev–Trinajstić information content (AvgIpc) is 2.25. The number of hydrogen-bond donors (Lipinski definition) is 2. The monoisotopic (exact) mass is 238 g/mol. The summed E-state index contributed by atoms with van der Waals surface area (Å²) in [4.78, 5) is 10.2. The highest BCUT2D eigenvalue weighted by molar-refractivity contribution is 5.53. The molecule has 0 bridgehead atoms. The minimum atomic E-state index is -0.425. The smallest absolute Gasteiger partial charge is 0.272 e. The van der Waals surface area contributed by atoms with Gasteiger partial charge in [-0.2, -0.15) is 0 Å². The Morgan fingerprint density at radius 1 is 1.47 bits per heavy atom. The van der Waals surface area contributed by atoms with Gasteiger partial charge in [0.05, 0.1) is 11.0 Å². The summed E-state index contributed by atoms with van der Waals surface area (Å²) in [5.74, 6) is 0.182. The predicted octanol–water partition coefficient (Wildman–Crippen LogP) is 2.33. The van der Waals surface area contributed by atoms with Gasteiger partial charge in [0, 0.05) is 23.9 Å². The van der Waals surface area contributed by atoms with Gasteiger partial charge in [0.15, 0.2) is 0 Å². The van der Waals surface area contributed by atoms with Gasteiger partial charge >= 0.3 is 0 Å². The molecular formula is C12H18N2O3. The van der Waals surface area contributed by atoms with Crippen LogP contribution in [-0.2, 0) is 0 Å². The predicted molar refractivity (Wildman–Crippen MR) is 67.2 cm³/mol. The fraction of sp³-hybridized carbons (Fsp3) is 0.500. The molecule has 5 heteroatoms. The zero-order valence-electron chi connectivity index (χ0n) is 10.3. The second-order valence-corrected chi connectivity index (χ2v) is 4.45. The number of nitrogens with one attached hydrogen (secondary N) is 1. The van der Waals surface area contributed by atoms with Crippen molar-refractivity contribution in [2.24, 2.45) is 5.92 Å². The molecule has 0 heterocycles. The molecule has 0 spiro atoms. The molecule has 0 aromatic heterocycles. The zero-order valence-corrected chi connectivity index (χ0v) is 10.3. The maximum absolute atomic E-state index is 10.6. The quantitative estimate of drug-likeness (QED) is 0.609. The van der Waals surface area contributed by atoms with E-state index >= 15 is 0 Å². The SMILES string of the molecule is Cc1cc(NCC(O)C(C)C)ccc1[N+](=O)[O-]. The minimum Gasteiger partial charge on any atom is -0.391 e. The van der Waals surface area contributed by atoms with Crippen molar-refractivity contribution in [2.75, 3.05) is 11.9 Å². The Hall–Kier alpha value is -1.62. The largest absolute Gasteiger partial charge is 0.391 e. The average molecular weight is 238 g/mol. The molecule has 1 rings (SSSR count). The molecule has 1 aromatic carbocycles. The lowest BCUT2D eigenvalue weighted by Crippen LogP contribution is -2.24. The van der Waals surface area contributed by atoms with E-state index in [9.17, 15) is 15.2 Å². The number of benzene rings is 1. The van der Waals surface area contributed by atoms with E-state index in [1.165, 1.54) is 6.07 Å². The molecule has 94 valence electrons. The molecule has 5 nitrogen and oxygen atoms in total. The van der Waals surface area contributed by atoms with Gasteiger partial charge in [0.2, 0.25) is 0 Å². The Labute approximate surface area is 101 Å². The summed E-state index contributed by atoms with van der Waals surface area (Å²) in [6.07, 6.45) is -0.425. The molecule has 0 saturated carbocycles. The number of nitrogens with zero attached hydrogens (tertiary/aromatic N) is 1. The summed E-state index contributed by atoms with van der Waals surface area (Å²) < 4.78 is 0. The molecule has 0 saturated heterocycles. The normalized spacial score (nSPS) is 12.5. The molecule has 0 aliphatic rings. The lowest BCUT2D eigenvalue weighted by Gasteiger charge is -2.16. The molecule has 0 aliphatic carbocycles. The van der Waals surface area contributed by atoms with Gasteiger partial charge in [0.25, 0.3) is 5.69 Å². The van der Waals surface area contributed by atoms with Crippen LogP contribution in [0.1, 0.15) is 19.4 Å². The highest BCUT2D eigenvalue weighted by Crippen LogP contribution is 2.21. The van der Waals surface area contributed by atoms with Crippen LogP contribution in [0, 0.1) is 23.0 Å². The molecule has 2 N–H and O–H groups in total. The van der Waals surface area contributed by atoms with Crippen molar-refractivity contribution in [1.29, 1.82) is 0 Å². The number of nitro benzene ring substituents is 1. The fourth-order valence-corrected chi connectivity index (χ4v) is 1.43. The molecule has 17 heavy (non-hydrogen) atoms. The number of nitro groups is 1. The molecule has 1 unspecified atom stereocenters. The Kier molecular flexibility index (Phi) is 4.45. The summed E-state index contributed by atoms with van der Waals surface area (Å²) >= 11 is 0. The summed E-state index contributed by atoms with van der Waals surface area (Å²) in [5, 5.41) is 23.3. The molecular weight excluding hydrogens is 220 g/mol. The standard InChI is InChI=1S/C12H18N2O3/c1-8(2)12(15)7-13-10-4-5-11(14(16)17)9(3)6-10/h4-6,8,12-13,15H,7H2,1-3H3. The Morgan fingerprint density at radius 3 is 2.59 bits per heavy atom. The highest BCUT2D eigenvalue weighted by Gasteiger charge is 2.11. The van der Waals surface area contributed by atoms with Gasteiger partial charge in [0.1, 0.15) is 0 Å². The van der Waals surface area contributed by atoms with Crippen LogP contribution in [0.5, 0.6) is 0 Å². The van der Waals surface area contributed by atoms with Gasteiger partial charge in [-0.15, -0.1) is 0 Å². The van der Waals surface area contributed by atoms with E-state index in [4.69, 9.17) is 0 Å². The van der Waals surface area contributed by atoms with Crippen LogP contribution in [0.15, 0.2) is 18.2 Å². The van der Waals surface area contributed by atoms with Crippen LogP contribution in [-0.4, -0.2) is 22.7 Å². The summed E-state index contributed by atoms with van der Waals surface area (Å²) in [5.41, 5.74) is 1.51. The first-order valence-corrected chi connectivity index (χ1v) is 5.58. The first-order valence-electron chi connectivity index (χ1n) is 5.58. The maximum atomic E-state index is 10.6. The van der Waals surface area contributed by atoms with E-state index in [1.54, 1.807) is 19.1 Å². The summed E-state index contributed by atoms with van der Waals surface area (Å²) in [6.45, 7) is 6.01. The van der Waals surface area contributed by atoms with Gasteiger partial charge in [-0.05, 0) is 25.0 Å². The minimum absolute atomic E-state index is 0.111. The van der Waals surface area contributed by atoms with Crippen LogP contribution < -0.4 is 5.32 Å². The van der Waals surface area contributed by atoms with E-state index in [2.05, 4.69) is 5.32 Å². The van der Waals surface area contributed by atoms with Crippen molar-refractivity contribution in [3.05, 3.63) is 33.9 Å². The number of anilines is 1. The Balaban J connectivity index is 2.68. The Bertz CT molecular complexity index is 405. The fourth-order valence-electron chi connectivity index (χ4n) is 1.43. The van der Waals surface area contributed by atoms with E-state index in [-0.39, 0.29) is 11.6 Å². The number of aryl methyl sites for hydroxylation is 1. The van der Waals surface area contributed by atoms with Crippen molar-refractivity contribution in [2.45, 2.75) is 26.9 Å². The second-order valence-electron chi connectivity index (χ2n) is 4.45. The second kappa shape index (κ2) is 5.63. The summed E-state index contributed by atoms with van der Waals surface area (Å²) in [6, 6.07) is 4.84. The Morgan fingerprint density at radius 2 is 2.12 bits per heavy atom. The van der Waals surface area contributed by atoms with Crippen molar-refractivity contribution in [3.8, 4) is 0 Å². The van der Waals surface area contributed by atoms with Crippen molar-refractivity contribution in [3.63, 3.8) is 0 Å². The maximum Gasteiger partial charge on any atom is 0.272 e. The number of aliphatic hydroxyl groups is 1. The molecule has 0 fully saturated rings. The van der Waals surface area contributed by atoms with Crippen LogP contribution in [0.25, 0.3) is 0 Å². The molecule has 0 radical (unpaired) electrons. The third-order valence-electron chi connectivity index (χ3n) is 2.68. The lowest BCUT2D eigenvalue weighted by atomic mass is 10.1. The van der Waals surface area contributed by atoms with Crippen LogP contribution >= 0.6 is 0 Å². The summed E-state index contributed by atoms with van der Waals surface area (Å²) in [7, 11) is 0.